The lowest BCUT2D eigenvalue weighted by molar-refractivity contribution is -0.140. The molecule has 2 atom stereocenters. The van der Waals surface area contributed by atoms with Gasteiger partial charge in [0.2, 0.25) is 5.91 Å². The molecule has 16 heavy (non-hydrogen) atoms. The minimum absolute atomic E-state index is 0.168. The van der Waals surface area contributed by atoms with Crippen molar-refractivity contribution in [1.29, 1.82) is 0 Å². The SMILES string of the molecule is Cc1ncc(CNC(=O)C2CC2C(=O)O)s1. The van der Waals surface area contributed by atoms with E-state index in [0.29, 0.717) is 13.0 Å². The lowest BCUT2D eigenvalue weighted by Gasteiger charge is -2.01. The second-order valence-corrected chi connectivity index (χ2v) is 5.17. The average Bonchev–Trinajstić information content (AvgIpc) is 2.93. The van der Waals surface area contributed by atoms with Crippen molar-refractivity contribution in [2.45, 2.75) is 19.9 Å². The zero-order valence-corrected chi connectivity index (χ0v) is 9.58. The number of nitrogens with one attached hydrogen (secondary N) is 1. The summed E-state index contributed by atoms with van der Waals surface area (Å²) in [7, 11) is 0. The van der Waals surface area contributed by atoms with E-state index in [0.717, 1.165) is 9.88 Å². The summed E-state index contributed by atoms with van der Waals surface area (Å²) in [5, 5.41) is 12.4. The van der Waals surface area contributed by atoms with Gasteiger partial charge in [-0.25, -0.2) is 4.98 Å². The van der Waals surface area contributed by atoms with Gasteiger partial charge in [-0.3, -0.25) is 9.59 Å². The number of aryl methyl sites for hydroxylation is 1. The highest BCUT2D eigenvalue weighted by Crippen LogP contribution is 2.38. The maximum Gasteiger partial charge on any atom is 0.307 e. The molecule has 0 aromatic carbocycles. The number of carbonyl (C=O) groups excluding carboxylic acids is 1. The maximum absolute atomic E-state index is 11.5. The quantitative estimate of drug-likeness (QED) is 0.815. The molecule has 6 heteroatoms. The van der Waals surface area contributed by atoms with E-state index < -0.39 is 11.9 Å². The number of hydrogen-bond donors (Lipinski definition) is 2. The summed E-state index contributed by atoms with van der Waals surface area (Å²) in [6.45, 7) is 2.34. The van der Waals surface area contributed by atoms with Gasteiger partial charge in [0.1, 0.15) is 0 Å². The van der Waals surface area contributed by atoms with Crippen LogP contribution in [0, 0.1) is 18.8 Å². The van der Waals surface area contributed by atoms with Crippen molar-refractivity contribution in [2.24, 2.45) is 11.8 Å². The number of carboxylic acid groups (broad SMARTS) is 1. The molecule has 1 heterocycles. The first-order chi connectivity index (χ1) is 7.58. The Morgan fingerprint density at radius 2 is 2.38 bits per heavy atom. The van der Waals surface area contributed by atoms with E-state index in [1.54, 1.807) is 6.20 Å². The number of carbonyl (C=O) groups is 2. The lowest BCUT2D eigenvalue weighted by atomic mass is 10.3. The molecule has 0 bridgehead atoms. The smallest absolute Gasteiger partial charge is 0.307 e. The van der Waals surface area contributed by atoms with Gasteiger partial charge in [-0.05, 0) is 13.3 Å². The molecular weight excluding hydrogens is 228 g/mol. The molecule has 2 unspecified atom stereocenters. The topological polar surface area (TPSA) is 79.3 Å². The van der Waals surface area contributed by atoms with Gasteiger partial charge in [0, 0.05) is 11.1 Å². The normalized spacial score (nSPS) is 22.8. The van der Waals surface area contributed by atoms with Crippen LogP contribution in [0.1, 0.15) is 16.3 Å². The van der Waals surface area contributed by atoms with E-state index in [1.807, 2.05) is 6.92 Å². The third kappa shape index (κ3) is 2.38. The third-order valence-corrected chi connectivity index (χ3v) is 3.46. The Bertz CT molecular complexity index is 429. The van der Waals surface area contributed by atoms with Crippen LogP contribution in [0.4, 0.5) is 0 Å². The summed E-state index contributed by atoms with van der Waals surface area (Å²) in [6, 6.07) is 0. The zero-order valence-electron chi connectivity index (χ0n) is 8.77. The summed E-state index contributed by atoms with van der Waals surface area (Å²) in [6.07, 6.45) is 2.19. The van der Waals surface area contributed by atoms with Crippen molar-refractivity contribution < 1.29 is 14.7 Å². The fourth-order valence-electron chi connectivity index (χ4n) is 1.55. The van der Waals surface area contributed by atoms with E-state index in [-0.39, 0.29) is 11.8 Å². The first-order valence-corrected chi connectivity index (χ1v) is 5.81. The molecule has 1 amide bonds. The Morgan fingerprint density at radius 3 is 2.88 bits per heavy atom. The lowest BCUT2D eigenvalue weighted by Crippen LogP contribution is -2.25. The molecule has 2 rings (SSSR count). The van der Waals surface area contributed by atoms with Crippen molar-refractivity contribution in [3.8, 4) is 0 Å². The number of aromatic nitrogens is 1. The fraction of sp³-hybridized carbons (Fsp3) is 0.500. The molecule has 86 valence electrons. The molecule has 5 nitrogen and oxygen atoms in total. The Morgan fingerprint density at radius 1 is 1.62 bits per heavy atom. The van der Waals surface area contributed by atoms with Crippen molar-refractivity contribution in [3.63, 3.8) is 0 Å². The maximum atomic E-state index is 11.5. The predicted octanol–water partition coefficient (Wildman–Crippen LogP) is 0.788. The van der Waals surface area contributed by atoms with Crippen LogP contribution in [0.2, 0.25) is 0 Å². The van der Waals surface area contributed by atoms with E-state index >= 15 is 0 Å². The molecule has 1 aliphatic rings. The second kappa shape index (κ2) is 4.21. The monoisotopic (exact) mass is 240 g/mol. The minimum atomic E-state index is -0.881. The molecule has 1 saturated carbocycles. The van der Waals surface area contributed by atoms with Gasteiger partial charge in [0.25, 0.3) is 0 Å². The first-order valence-electron chi connectivity index (χ1n) is 4.99. The van der Waals surface area contributed by atoms with Crippen molar-refractivity contribution in [3.05, 3.63) is 16.1 Å². The summed E-state index contributed by atoms with van der Waals surface area (Å²) in [5.41, 5.74) is 0. The molecule has 1 aliphatic carbocycles. The molecule has 1 aromatic heterocycles. The number of aliphatic carboxylic acids is 1. The largest absolute Gasteiger partial charge is 0.481 e. The van der Waals surface area contributed by atoms with Crippen LogP contribution in [0.5, 0.6) is 0 Å². The Labute approximate surface area is 96.5 Å². The first kappa shape index (κ1) is 11.1. The number of amides is 1. The Hall–Kier alpha value is -1.43. The van der Waals surface area contributed by atoms with E-state index in [9.17, 15) is 9.59 Å². The molecule has 0 radical (unpaired) electrons. The van der Waals surface area contributed by atoms with Crippen molar-refractivity contribution in [2.75, 3.05) is 0 Å². The molecule has 1 aromatic rings. The van der Waals surface area contributed by atoms with Gasteiger partial charge in [-0.15, -0.1) is 11.3 Å². The Balaban J connectivity index is 1.79. The standard InChI is InChI=1S/C10H12N2O3S/c1-5-11-3-6(16-5)4-12-9(13)7-2-8(7)10(14)15/h3,7-8H,2,4H2,1H3,(H,12,13)(H,14,15). The van der Waals surface area contributed by atoms with Crippen LogP contribution in [0.25, 0.3) is 0 Å². The van der Waals surface area contributed by atoms with E-state index in [1.165, 1.54) is 11.3 Å². The van der Waals surface area contributed by atoms with Crippen LogP contribution in [-0.2, 0) is 16.1 Å². The molecule has 0 spiro atoms. The fourth-order valence-corrected chi connectivity index (χ4v) is 2.28. The van der Waals surface area contributed by atoms with Gasteiger partial charge >= 0.3 is 5.97 Å². The molecular formula is C10H12N2O3S. The van der Waals surface area contributed by atoms with Gasteiger partial charge < -0.3 is 10.4 Å². The number of nitrogens with zero attached hydrogens (tertiary/aromatic N) is 1. The van der Waals surface area contributed by atoms with Crippen molar-refractivity contribution in [1.82, 2.24) is 10.3 Å². The van der Waals surface area contributed by atoms with Crippen LogP contribution in [0.15, 0.2) is 6.20 Å². The second-order valence-electron chi connectivity index (χ2n) is 3.85. The number of hydrogen-bond acceptors (Lipinski definition) is 4. The highest BCUT2D eigenvalue weighted by Gasteiger charge is 2.48. The zero-order chi connectivity index (χ0) is 11.7. The summed E-state index contributed by atoms with van der Waals surface area (Å²) in [4.78, 5) is 27.1. The number of thiazole rings is 1. The van der Waals surface area contributed by atoms with Gasteiger partial charge in [0.15, 0.2) is 0 Å². The number of carboxylic acids is 1. The van der Waals surface area contributed by atoms with Crippen LogP contribution < -0.4 is 5.32 Å². The van der Waals surface area contributed by atoms with Gasteiger partial charge in [0.05, 0.1) is 23.4 Å². The number of rotatable bonds is 4. The van der Waals surface area contributed by atoms with Crippen LogP contribution in [0.3, 0.4) is 0 Å². The summed E-state index contributed by atoms with van der Waals surface area (Å²) < 4.78 is 0. The van der Waals surface area contributed by atoms with E-state index in [2.05, 4.69) is 10.3 Å². The average molecular weight is 240 g/mol. The summed E-state index contributed by atoms with van der Waals surface area (Å²) in [5.74, 6) is -1.87. The highest BCUT2D eigenvalue weighted by molar-refractivity contribution is 7.11. The predicted molar refractivity (Wildman–Crippen MR) is 57.9 cm³/mol. The van der Waals surface area contributed by atoms with Gasteiger partial charge in [-0.1, -0.05) is 0 Å². The van der Waals surface area contributed by atoms with Crippen LogP contribution >= 0.6 is 11.3 Å². The molecule has 0 aliphatic heterocycles. The minimum Gasteiger partial charge on any atom is -0.481 e. The summed E-state index contributed by atoms with van der Waals surface area (Å²) >= 11 is 1.53. The third-order valence-electron chi connectivity index (χ3n) is 2.55. The van der Waals surface area contributed by atoms with Crippen LogP contribution in [-0.4, -0.2) is 22.0 Å². The van der Waals surface area contributed by atoms with E-state index in [4.69, 9.17) is 5.11 Å². The van der Waals surface area contributed by atoms with Crippen molar-refractivity contribution >= 4 is 23.2 Å². The molecule has 1 fully saturated rings. The highest BCUT2D eigenvalue weighted by atomic mass is 32.1. The Kier molecular flexibility index (Phi) is 2.91. The van der Waals surface area contributed by atoms with Gasteiger partial charge in [-0.2, -0.15) is 0 Å². The molecule has 0 saturated heterocycles. The molecule has 2 N–H and O–H groups in total.